The minimum atomic E-state index is -2.66. The van der Waals surface area contributed by atoms with Gasteiger partial charge in [0.15, 0.2) is 5.75 Å². The quantitative estimate of drug-likeness (QED) is 0.531. The van der Waals surface area contributed by atoms with Crippen molar-refractivity contribution >= 4 is 5.97 Å². The molecule has 116 valence electrons. The summed E-state index contributed by atoms with van der Waals surface area (Å²) in [5, 5.41) is 9.20. The van der Waals surface area contributed by atoms with Crippen molar-refractivity contribution in [1.29, 1.82) is 0 Å². The Hall–Kier alpha value is -2.64. The van der Waals surface area contributed by atoms with Gasteiger partial charge >= 0.3 is 5.97 Å². The molecule has 3 nitrogen and oxygen atoms in total. The Kier molecular flexibility index (Phi) is 2.77. The molecular formula is C14H7F5O3. The Balaban J connectivity index is 2.73. The molecule has 0 aromatic heterocycles. The van der Waals surface area contributed by atoms with Crippen molar-refractivity contribution in [1.82, 2.24) is 0 Å². The molecule has 22 heavy (non-hydrogen) atoms. The molecule has 1 N–H and O–H groups in total. The molecule has 0 saturated heterocycles. The molecule has 0 unspecified atom stereocenters. The summed E-state index contributed by atoms with van der Waals surface area (Å²) in [7, 11) is 0. The van der Waals surface area contributed by atoms with Crippen LogP contribution in [0.2, 0.25) is 0 Å². The Morgan fingerprint density at radius 2 is 1.41 bits per heavy atom. The van der Waals surface area contributed by atoms with Gasteiger partial charge in [-0.05, 0) is 0 Å². The number of hydrogen-bond acceptors (Lipinski definition) is 2. The van der Waals surface area contributed by atoms with Crippen molar-refractivity contribution in [2.45, 2.75) is 6.10 Å². The summed E-state index contributed by atoms with van der Waals surface area (Å²) in [5.74, 6) is -16.4. The minimum Gasteiger partial charge on any atom is -0.478 e. The van der Waals surface area contributed by atoms with Crippen LogP contribution in [0.15, 0.2) is 30.2 Å². The first-order valence-corrected chi connectivity index (χ1v) is 5.39. The van der Waals surface area contributed by atoms with Gasteiger partial charge in [-0.25, -0.2) is 18.0 Å². The van der Waals surface area contributed by atoms with Crippen molar-refractivity contribution < 1.29 is 43.4 Å². The molecule has 0 radical (unpaired) electrons. The summed E-state index contributed by atoms with van der Waals surface area (Å²) in [6, 6.07) is -5.04. The van der Waals surface area contributed by atoms with E-state index in [4.69, 9.17) is 6.85 Å². The summed E-state index contributed by atoms with van der Waals surface area (Å²) >= 11 is 0. The molecule has 0 aliphatic heterocycles. The maximum Gasteiger partial charge on any atom is 0.349 e. The molecule has 8 heteroatoms. The highest BCUT2D eigenvalue weighted by molar-refractivity contribution is 5.74. The van der Waals surface area contributed by atoms with Crippen molar-refractivity contribution in [2.75, 3.05) is 0 Å². The van der Waals surface area contributed by atoms with Crippen LogP contribution in [0.25, 0.3) is 0 Å². The Labute approximate surface area is 127 Å². The number of hydrogen-bond donors (Lipinski definition) is 1. The largest absolute Gasteiger partial charge is 0.478 e. The van der Waals surface area contributed by atoms with E-state index in [1.54, 1.807) is 0 Å². The predicted octanol–water partition coefficient (Wildman–Crippen LogP) is 3.59. The van der Waals surface area contributed by atoms with E-state index in [1.165, 1.54) is 0 Å². The van der Waals surface area contributed by atoms with E-state index in [2.05, 4.69) is 4.74 Å². The molecule has 2 aromatic rings. The Morgan fingerprint density at radius 1 is 0.955 bits per heavy atom. The maximum atomic E-state index is 13.7. The topological polar surface area (TPSA) is 46.5 Å². The van der Waals surface area contributed by atoms with Crippen molar-refractivity contribution in [3.63, 3.8) is 0 Å². The number of carboxylic acid groups (broad SMARTS) is 1. The fourth-order valence-electron chi connectivity index (χ4n) is 1.43. The highest BCUT2D eigenvalue weighted by Crippen LogP contribution is 2.32. The van der Waals surface area contributed by atoms with Crippen LogP contribution in [0, 0.1) is 29.1 Å². The van der Waals surface area contributed by atoms with Crippen LogP contribution in [0.4, 0.5) is 22.0 Å². The monoisotopic (exact) mass is 323 g/mol. The van der Waals surface area contributed by atoms with Gasteiger partial charge in [0.05, 0.1) is 6.85 Å². The van der Waals surface area contributed by atoms with Crippen LogP contribution in [0.5, 0.6) is 5.75 Å². The van der Waals surface area contributed by atoms with Crippen LogP contribution in [-0.4, -0.2) is 11.1 Å². The van der Waals surface area contributed by atoms with Gasteiger partial charge in [-0.2, -0.15) is 8.78 Å². The maximum absolute atomic E-state index is 13.7. The second-order valence-electron chi connectivity index (χ2n) is 3.77. The number of benzene rings is 2. The van der Waals surface area contributed by atoms with E-state index in [9.17, 15) is 31.9 Å². The van der Waals surface area contributed by atoms with Gasteiger partial charge in [0.1, 0.15) is 0 Å². The highest BCUT2D eigenvalue weighted by atomic mass is 19.2. The lowest BCUT2D eigenvalue weighted by molar-refractivity contribution is -0.145. The second-order valence-corrected chi connectivity index (χ2v) is 3.77. The number of carboxylic acids is 1. The first kappa shape index (κ1) is 10.1. The number of carbonyl (C=O) groups is 1. The third kappa shape index (κ3) is 2.72. The molecule has 2 aromatic carbocycles. The molecule has 0 aliphatic carbocycles. The van der Waals surface area contributed by atoms with E-state index >= 15 is 0 Å². The zero-order valence-electron chi connectivity index (χ0n) is 15.2. The number of aliphatic carboxylic acids is 1. The minimum absolute atomic E-state index is 0.894. The molecule has 0 amide bonds. The van der Waals surface area contributed by atoms with Gasteiger partial charge in [-0.3, -0.25) is 0 Å². The van der Waals surface area contributed by atoms with Crippen LogP contribution in [-0.2, 0) is 4.79 Å². The van der Waals surface area contributed by atoms with E-state index in [-0.39, 0.29) is 0 Å². The fourth-order valence-corrected chi connectivity index (χ4v) is 1.43. The second kappa shape index (κ2) is 6.00. The van der Waals surface area contributed by atoms with E-state index in [0.717, 1.165) is 0 Å². The van der Waals surface area contributed by atoms with Gasteiger partial charge < -0.3 is 9.84 Å². The van der Waals surface area contributed by atoms with E-state index in [0.29, 0.717) is 0 Å². The molecule has 0 heterocycles. The lowest BCUT2D eigenvalue weighted by Crippen LogP contribution is -2.20. The molecule has 1 atom stereocenters. The summed E-state index contributed by atoms with van der Waals surface area (Å²) in [4.78, 5) is 11.4. The number of halogens is 5. The summed E-state index contributed by atoms with van der Waals surface area (Å²) in [5.41, 5.74) is -1.06. The molecule has 0 aliphatic rings. The average molecular weight is 323 g/mol. The third-order valence-electron chi connectivity index (χ3n) is 2.41. The van der Waals surface area contributed by atoms with Gasteiger partial charge in [0.25, 0.3) is 0 Å². The van der Waals surface area contributed by atoms with Gasteiger partial charge in [-0.1, -0.05) is 30.2 Å². The van der Waals surface area contributed by atoms with E-state index in [1.807, 2.05) is 0 Å². The van der Waals surface area contributed by atoms with Crippen LogP contribution >= 0.6 is 0 Å². The normalized spacial score (nSPS) is 15.2. The molecule has 0 spiro atoms. The summed E-state index contributed by atoms with van der Waals surface area (Å²) < 4.78 is 109. The first-order chi connectivity index (χ1) is 12.4. The lowest BCUT2D eigenvalue weighted by Gasteiger charge is -2.17. The molecular weight excluding hydrogens is 311 g/mol. The smallest absolute Gasteiger partial charge is 0.349 e. The molecule has 0 bridgehead atoms. The Morgan fingerprint density at radius 3 is 1.86 bits per heavy atom. The zero-order chi connectivity index (χ0) is 20.8. The fraction of sp³-hybridized carbons (Fsp3) is 0.0714. The lowest BCUT2D eigenvalue weighted by atomic mass is 10.1. The standard InChI is InChI=1S/C14H7F5O3/c15-7-8(16)10(18)13(11(19)9(7)17)22-12(14(20)21)6-4-2-1-3-5-6/h1-5,12H,(H,20,21)/t12-/m1/s1/i1D,2D,3D,4D,5D. The SMILES string of the molecule is [2H]c1c([2H])c([2H])c([C@@H](Oc2c(F)c(F)c(F)c(F)c2F)C(=O)O)c([2H])c1[2H]. The van der Waals surface area contributed by atoms with Crippen LogP contribution < -0.4 is 4.74 Å². The molecule has 2 rings (SSSR count). The van der Waals surface area contributed by atoms with E-state index < -0.39 is 82.7 Å². The van der Waals surface area contributed by atoms with Gasteiger partial charge in [0.2, 0.25) is 35.2 Å². The summed E-state index contributed by atoms with van der Waals surface area (Å²) in [6.07, 6.45) is -2.66. The van der Waals surface area contributed by atoms with Crippen LogP contribution in [0.1, 0.15) is 18.5 Å². The highest BCUT2D eigenvalue weighted by Gasteiger charge is 2.31. The molecule has 0 saturated carbocycles. The van der Waals surface area contributed by atoms with Gasteiger partial charge in [0, 0.05) is 5.56 Å². The van der Waals surface area contributed by atoms with Crippen molar-refractivity contribution in [3.8, 4) is 5.75 Å². The average Bonchev–Trinajstić information content (AvgIpc) is 2.63. The van der Waals surface area contributed by atoms with Crippen molar-refractivity contribution in [2.24, 2.45) is 0 Å². The summed E-state index contributed by atoms with van der Waals surface area (Å²) in [6.45, 7) is 0. The first-order valence-electron chi connectivity index (χ1n) is 7.89. The van der Waals surface area contributed by atoms with Crippen LogP contribution in [0.3, 0.4) is 0 Å². The zero-order valence-corrected chi connectivity index (χ0v) is 10.2. The van der Waals surface area contributed by atoms with Crippen molar-refractivity contribution in [3.05, 3.63) is 64.9 Å². The Bertz CT molecular complexity index is 911. The molecule has 0 fully saturated rings. The third-order valence-corrected chi connectivity index (χ3v) is 2.41. The predicted molar refractivity (Wildman–Crippen MR) is 63.7 cm³/mol. The number of rotatable bonds is 4. The van der Waals surface area contributed by atoms with Gasteiger partial charge in [-0.15, -0.1) is 0 Å². The number of ether oxygens (including phenoxy) is 1.